The van der Waals surface area contributed by atoms with Gasteiger partial charge in [0, 0.05) is 0 Å². The normalized spacial score (nSPS) is 19.6. The molecule has 0 radical (unpaired) electrons. The summed E-state index contributed by atoms with van der Waals surface area (Å²) in [6.07, 6.45) is -2.73. The summed E-state index contributed by atoms with van der Waals surface area (Å²) in [5.41, 5.74) is 2.54. The highest BCUT2D eigenvalue weighted by Gasteiger charge is 2.49. The van der Waals surface area contributed by atoms with E-state index >= 15 is 0 Å². The maximum absolute atomic E-state index is 13.0. The van der Waals surface area contributed by atoms with Crippen LogP contribution in [0.15, 0.2) is 91.0 Å². The highest BCUT2D eigenvalue weighted by molar-refractivity contribution is 5.83. The van der Waals surface area contributed by atoms with Gasteiger partial charge in [-0.25, -0.2) is 9.59 Å². The Labute approximate surface area is 198 Å². The molecule has 0 aliphatic carbocycles. The zero-order chi connectivity index (χ0) is 23.8. The predicted octanol–water partition coefficient (Wildman–Crippen LogP) is 3.70. The van der Waals surface area contributed by atoms with E-state index in [1.807, 2.05) is 91.0 Å². The molecule has 176 valence electrons. The third-order valence-electron chi connectivity index (χ3n) is 5.63. The first kappa shape index (κ1) is 23.5. The van der Waals surface area contributed by atoms with Gasteiger partial charge in [0.05, 0.1) is 13.2 Å². The molecule has 1 saturated heterocycles. The summed E-state index contributed by atoms with van der Waals surface area (Å²) in [5, 5.41) is 10.9. The standard InChI is InChI=1S/C27H27NO6/c29-25-23(32-17-20-10-4-1-5-11-20)16-28(27(31)34-19-22-14-8-3-9-15-22)24(25)26(30)33-18-21-12-6-2-7-13-21/h1-15,23-25,29H,16-19H2/t23?,24-,25?/m0/s1. The van der Waals surface area contributed by atoms with Crippen LogP contribution in [0, 0.1) is 0 Å². The number of benzene rings is 3. The molecule has 7 nitrogen and oxygen atoms in total. The SMILES string of the molecule is O=C(OCc1ccccc1)[C@@H]1C(O)C(OCc2ccccc2)CN1C(=O)OCc1ccccc1. The van der Waals surface area contributed by atoms with Crippen molar-refractivity contribution in [2.45, 2.75) is 38.1 Å². The second-order valence-electron chi connectivity index (χ2n) is 8.06. The number of likely N-dealkylation sites (tertiary alicyclic amines) is 1. The molecular weight excluding hydrogens is 434 g/mol. The largest absolute Gasteiger partial charge is 0.459 e. The average Bonchev–Trinajstić information content (AvgIpc) is 3.22. The first-order valence-electron chi connectivity index (χ1n) is 11.1. The number of carbonyl (C=O) groups is 2. The van der Waals surface area contributed by atoms with Crippen molar-refractivity contribution in [3.63, 3.8) is 0 Å². The summed E-state index contributed by atoms with van der Waals surface area (Å²) in [4.78, 5) is 27.0. The molecule has 7 heteroatoms. The number of hydrogen-bond donors (Lipinski definition) is 1. The molecule has 1 amide bonds. The molecule has 3 atom stereocenters. The number of ether oxygens (including phenoxy) is 3. The van der Waals surface area contributed by atoms with E-state index in [0.717, 1.165) is 16.7 Å². The Bertz CT molecular complexity index is 1060. The highest BCUT2D eigenvalue weighted by Crippen LogP contribution is 2.25. The van der Waals surface area contributed by atoms with E-state index in [2.05, 4.69) is 0 Å². The van der Waals surface area contributed by atoms with Gasteiger partial charge in [-0.2, -0.15) is 0 Å². The van der Waals surface area contributed by atoms with Crippen LogP contribution in [0.1, 0.15) is 16.7 Å². The smallest absolute Gasteiger partial charge is 0.411 e. The van der Waals surface area contributed by atoms with Crippen LogP contribution >= 0.6 is 0 Å². The molecule has 0 bridgehead atoms. The van der Waals surface area contributed by atoms with Crippen LogP contribution in [0.25, 0.3) is 0 Å². The molecule has 1 fully saturated rings. The van der Waals surface area contributed by atoms with Crippen molar-refractivity contribution >= 4 is 12.1 Å². The van der Waals surface area contributed by atoms with E-state index in [0.29, 0.717) is 0 Å². The van der Waals surface area contributed by atoms with Crippen molar-refractivity contribution in [3.05, 3.63) is 108 Å². The van der Waals surface area contributed by atoms with Crippen LogP contribution < -0.4 is 0 Å². The Morgan fingerprint density at radius 1 is 0.735 bits per heavy atom. The van der Waals surface area contributed by atoms with E-state index in [-0.39, 0.29) is 26.4 Å². The maximum Gasteiger partial charge on any atom is 0.411 e. The number of nitrogens with zero attached hydrogens (tertiary/aromatic N) is 1. The predicted molar refractivity (Wildman–Crippen MR) is 124 cm³/mol. The van der Waals surface area contributed by atoms with Gasteiger partial charge in [-0.1, -0.05) is 91.0 Å². The molecule has 0 spiro atoms. The van der Waals surface area contributed by atoms with Crippen molar-refractivity contribution in [3.8, 4) is 0 Å². The van der Waals surface area contributed by atoms with Gasteiger partial charge >= 0.3 is 12.1 Å². The van der Waals surface area contributed by atoms with Crippen LogP contribution in [0.5, 0.6) is 0 Å². The van der Waals surface area contributed by atoms with Crippen molar-refractivity contribution in [2.24, 2.45) is 0 Å². The molecule has 3 aromatic carbocycles. The van der Waals surface area contributed by atoms with Crippen LogP contribution in [0.4, 0.5) is 4.79 Å². The monoisotopic (exact) mass is 461 g/mol. The number of carbonyl (C=O) groups excluding carboxylic acids is 2. The lowest BCUT2D eigenvalue weighted by atomic mass is 10.1. The van der Waals surface area contributed by atoms with E-state index < -0.39 is 30.3 Å². The molecule has 3 aromatic rings. The number of aliphatic hydroxyl groups excluding tert-OH is 1. The molecule has 0 saturated carbocycles. The zero-order valence-electron chi connectivity index (χ0n) is 18.7. The van der Waals surface area contributed by atoms with Crippen molar-refractivity contribution in [1.82, 2.24) is 4.90 Å². The summed E-state index contributed by atoms with van der Waals surface area (Å²) >= 11 is 0. The molecule has 4 rings (SSSR count). The summed E-state index contributed by atoms with van der Waals surface area (Å²) in [7, 11) is 0. The van der Waals surface area contributed by atoms with Crippen LogP contribution in [0.3, 0.4) is 0 Å². The highest BCUT2D eigenvalue weighted by atomic mass is 16.6. The number of aliphatic hydroxyl groups is 1. The summed E-state index contributed by atoms with van der Waals surface area (Å²) in [6.45, 7) is 0.326. The number of amides is 1. The second kappa shape index (κ2) is 11.4. The lowest BCUT2D eigenvalue weighted by molar-refractivity contribution is -0.153. The zero-order valence-corrected chi connectivity index (χ0v) is 18.7. The van der Waals surface area contributed by atoms with Gasteiger partial charge < -0.3 is 19.3 Å². The third-order valence-corrected chi connectivity index (χ3v) is 5.63. The Hall–Kier alpha value is -3.68. The van der Waals surface area contributed by atoms with Gasteiger partial charge in [0.25, 0.3) is 0 Å². The van der Waals surface area contributed by atoms with Crippen molar-refractivity contribution in [2.75, 3.05) is 6.54 Å². The molecule has 34 heavy (non-hydrogen) atoms. The van der Waals surface area contributed by atoms with Gasteiger partial charge in [-0.15, -0.1) is 0 Å². The molecule has 1 aliphatic rings. The minimum Gasteiger partial charge on any atom is -0.459 e. The Morgan fingerprint density at radius 2 is 1.21 bits per heavy atom. The van der Waals surface area contributed by atoms with Crippen molar-refractivity contribution in [1.29, 1.82) is 0 Å². The molecule has 0 aromatic heterocycles. The van der Waals surface area contributed by atoms with Crippen LogP contribution in [0.2, 0.25) is 0 Å². The fourth-order valence-electron chi connectivity index (χ4n) is 3.80. The van der Waals surface area contributed by atoms with Crippen LogP contribution in [-0.2, 0) is 38.8 Å². The summed E-state index contributed by atoms with van der Waals surface area (Å²) < 4.78 is 16.7. The fourth-order valence-corrected chi connectivity index (χ4v) is 3.80. The molecule has 1 N–H and O–H groups in total. The van der Waals surface area contributed by atoms with Gasteiger partial charge in [0.15, 0.2) is 6.04 Å². The van der Waals surface area contributed by atoms with Gasteiger partial charge in [-0.3, -0.25) is 4.90 Å². The molecule has 1 heterocycles. The van der Waals surface area contributed by atoms with Crippen LogP contribution in [-0.4, -0.2) is 46.9 Å². The topological polar surface area (TPSA) is 85.3 Å². The minimum absolute atomic E-state index is 0.00667. The van der Waals surface area contributed by atoms with E-state index in [9.17, 15) is 14.7 Å². The third kappa shape index (κ3) is 6.01. The number of hydrogen-bond acceptors (Lipinski definition) is 6. The number of esters is 1. The van der Waals surface area contributed by atoms with E-state index in [1.165, 1.54) is 4.90 Å². The quantitative estimate of drug-likeness (QED) is 0.515. The van der Waals surface area contributed by atoms with E-state index in [1.54, 1.807) is 0 Å². The Kier molecular flexibility index (Phi) is 7.91. The lowest BCUT2D eigenvalue weighted by Gasteiger charge is -2.23. The summed E-state index contributed by atoms with van der Waals surface area (Å²) in [5.74, 6) is -0.709. The number of rotatable bonds is 8. The average molecular weight is 462 g/mol. The maximum atomic E-state index is 13.0. The summed E-state index contributed by atoms with van der Waals surface area (Å²) in [6, 6.07) is 26.7. The van der Waals surface area contributed by atoms with Gasteiger partial charge in [0.2, 0.25) is 0 Å². The molecule has 1 aliphatic heterocycles. The van der Waals surface area contributed by atoms with Crippen molar-refractivity contribution < 1.29 is 28.9 Å². The Balaban J connectivity index is 1.44. The van der Waals surface area contributed by atoms with Gasteiger partial charge in [0.1, 0.15) is 25.4 Å². The fraction of sp³-hybridized carbons (Fsp3) is 0.259. The van der Waals surface area contributed by atoms with E-state index in [4.69, 9.17) is 14.2 Å². The first-order chi connectivity index (χ1) is 16.6. The molecule has 2 unspecified atom stereocenters. The first-order valence-corrected chi connectivity index (χ1v) is 11.1. The molecular formula is C27H27NO6. The lowest BCUT2D eigenvalue weighted by Crippen LogP contribution is -2.46. The Morgan fingerprint density at radius 3 is 1.74 bits per heavy atom. The second-order valence-corrected chi connectivity index (χ2v) is 8.06. The van der Waals surface area contributed by atoms with Gasteiger partial charge in [-0.05, 0) is 16.7 Å². The minimum atomic E-state index is -1.25.